The predicted octanol–water partition coefficient (Wildman–Crippen LogP) is 5.68. The monoisotopic (exact) mass is 578 g/mol. The normalized spacial score (nSPS) is 18.9. The summed E-state index contributed by atoms with van der Waals surface area (Å²) in [6.45, 7) is 5.87. The molecular formula is C26H35F5N4O3S. The summed E-state index contributed by atoms with van der Waals surface area (Å²) in [5.41, 5.74) is -2.09. The fraction of sp³-hybridized carbons (Fsp3) is 0.654. The van der Waals surface area contributed by atoms with Crippen LogP contribution in [0, 0.1) is 18.3 Å². The summed E-state index contributed by atoms with van der Waals surface area (Å²) in [6.07, 6.45) is -3.35. The number of sulfone groups is 1. The minimum absolute atomic E-state index is 0.00330. The minimum Gasteiger partial charge on any atom is -0.350 e. The van der Waals surface area contributed by atoms with Crippen LogP contribution in [0.3, 0.4) is 0 Å². The van der Waals surface area contributed by atoms with Gasteiger partial charge >= 0.3 is 6.18 Å². The second-order valence-corrected chi connectivity index (χ2v) is 13.3. The Morgan fingerprint density at radius 3 is 2.31 bits per heavy atom. The first-order chi connectivity index (χ1) is 18.0. The quantitative estimate of drug-likeness (QED) is 0.387. The van der Waals surface area contributed by atoms with Gasteiger partial charge in [-0.25, -0.2) is 17.2 Å². The van der Waals surface area contributed by atoms with Crippen molar-refractivity contribution in [1.82, 2.24) is 20.1 Å². The number of carbonyl (C=O) groups excluding carboxylic acids is 1. The summed E-state index contributed by atoms with van der Waals surface area (Å²) < 4.78 is 93.2. The van der Waals surface area contributed by atoms with Crippen molar-refractivity contribution in [1.29, 1.82) is 0 Å². The molecule has 1 amide bonds. The summed E-state index contributed by atoms with van der Waals surface area (Å²) in [4.78, 5) is 17.1. The van der Waals surface area contributed by atoms with Crippen LogP contribution >= 0.6 is 0 Å². The van der Waals surface area contributed by atoms with Crippen LogP contribution < -0.4 is 5.32 Å². The van der Waals surface area contributed by atoms with E-state index < -0.39 is 45.7 Å². The van der Waals surface area contributed by atoms with Crippen molar-refractivity contribution in [2.75, 3.05) is 12.8 Å². The lowest BCUT2D eigenvalue weighted by Crippen LogP contribution is -2.34. The molecule has 39 heavy (non-hydrogen) atoms. The number of aromatic nitrogens is 3. The Balaban J connectivity index is 1.84. The molecule has 2 aromatic rings. The number of nitrogens with zero attached hydrogens (tertiary/aromatic N) is 3. The van der Waals surface area contributed by atoms with Gasteiger partial charge < -0.3 is 5.32 Å². The maximum atomic E-state index is 14.1. The summed E-state index contributed by atoms with van der Waals surface area (Å²) >= 11 is 0. The van der Waals surface area contributed by atoms with Crippen LogP contribution in [0.15, 0.2) is 12.3 Å². The molecule has 0 radical (unpaired) electrons. The van der Waals surface area contributed by atoms with Crippen LogP contribution in [0.2, 0.25) is 0 Å². The molecule has 3 rings (SSSR count). The Kier molecular flexibility index (Phi) is 9.13. The number of rotatable bonds is 9. The van der Waals surface area contributed by atoms with Gasteiger partial charge in [0.15, 0.2) is 5.69 Å². The Labute approximate surface area is 225 Å². The van der Waals surface area contributed by atoms with E-state index in [-0.39, 0.29) is 40.4 Å². The van der Waals surface area contributed by atoms with E-state index in [4.69, 9.17) is 0 Å². The lowest BCUT2D eigenvalue weighted by Gasteiger charge is -2.27. The van der Waals surface area contributed by atoms with Crippen LogP contribution in [-0.2, 0) is 22.8 Å². The number of hydrogen-bond acceptors (Lipinski definition) is 5. The van der Waals surface area contributed by atoms with Crippen molar-refractivity contribution >= 4 is 15.7 Å². The first kappa shape index (κ1) is 31.0. The highest BCUT2D eigenvalue weighted by molar-refractivity contribution is 7.91. The second kappa shape index (κ2) is 11.5. The average Bonchev–Trinajstić information content (AvgIpc) is 3.17. The molecule has 2 aromatic heterocycles. The van der Waals surface area contributed by atoms with E-state index in [2.05, 4.69) is 15.4 Å². The van der Waals surface area contributed by atoms with Crippen LogP contribution in [0.1, 0.15) is 80.2 Å². The second-order valence-electron chi connectivity index (χ2n) is 10.9. The highest BCUT2D eigenvalue weighted by atomic mass is 32.2. The number of hydrogen-bond donors (Lipinski definition) is 1. The molecule has 0 bridgehead atoms. The number of aryl methyl sites for hydroxylation is 1. The summed E-state index contributed by atoms with van der Waals surface area (Å²) in [6, 6.07) is 0.993. The van der Waals surface area contributed by atoms with E-state index in [9.17, 15) is 35.2 Å². The van der Waals surface area contributed by atoms with Crippen molar-refractivity contribution in [2.45, 2.75) is 84.2 Å². The van der Waals surface area contributed by atoms with Gasteiger partial charge in [0.25, 0.3) is 12.3 Å². The molecule has 0 unspecified atom stereocenters. The first-order valence-electron chi connectivity index (χ1n) is 12.8. The van der Waals surface area contributed by atoms with Gasteiger partial charge in [-0.1, -0.05) is 13.8 Å². The lowest BCUT2D eigenvalue weighted by molar-refractivity contribution is -0.211. The van der Waals surface area contributed by atoms with Gasteiger partial charge in [0.2, 0.25) is 0 Å². The summed E-state index contributed by atoms with van der Waals surface area (Å²) in [5, 5.41) is 6.80. The van der Waals surface area contributed by atoms with Gasteiger partial charge in [-0.3, -0.25) is 14.5 Å². The van der Waals surface area contributed by atoms with E-state index in [0.29, 0.717) is 37.8 Å². The van der Waals surface area contributed by atoms with Crippen LogP contribution in [-0.4, -0.2) is 53.3 Å². The van der Waals surface area contributed by atoms with Gasteiger partial charge in [0.1, 0.15) is 9.84 Å². The summed E-state index contributed by atoms with van der Waals surface area (Å²) in [5.74, 6) is -0.371. The van der Waals surface area contributed by atoms with Gasteiger partial charge in [-0.05, 0) is 51.5 Å². The molecule has 1 saturated carbocycles. The molecule has 0 atom stereocenters. The first-order valence-corrected chi connectivity index (χ1v) is 14.8. The lowest BCUT2D eigenvalue weighted by atomic mass is 9.86. The third-order valence-electron chi connectivity index (χ3n) is 7.53. The Hall–Kier alpha value is -2.57. The maximum absolute atomic E-state index is 14.1. The molecule has 1 aliphatic rings. The smallest absolute Gasteiger partial charge is 0.350 e. The van der Waals surface area contributed by atoms with Gasteiger partial charge in [-0.2, -0.15) is 18.3 Å². The number of nitrogens with one attached hydrogen (secondary N) is 1. The standard InChI is InChI=1S/C26H35F5N4O3S/c1-6-35-22(20-14-32-17(11-19(20)23(27)28)12-25(3,4)26(29,30)31)15(2)21(34-35)24(36)33-13-16-7-9-18(10-8-16)39(5,37)38/h11,14,16,18,23H,6-10,12-13H2,1-5H3,(H,33,36)/t16-,18-. The van der Waals surface area contributed by atoms with Crippen LogP contribution in [0.5, 0.6) is 0 Å². The molecular weight excluding hydrogens is 543 g/mol. The minimum atomic E-state index is -4.54. The molecule has 0 aliphatic heterocycles. The molecule has 0 aromatic carbocycles. The molecule has 1 fully saturated rings. The van der Waals surface area contributed by atoms with Crippen molar-refractivity contribution in [3.63, 3.8) is 0 Å². The number of halogens is 5. The van der Waals surface area contributed by atoms with Crippen molar-refractivity contribution in [2.24, 2.45) is 11.3 Å². The van der Waals surface area contributed by atoms with E-state index in [0.717, 1.165) is 26.1 Å². The highest BCUT2D eigenvalue weighted by Gasteiger charge is 2.47. The Morgan fingerprint density at radius 2 is 1.79 bits per heavy atom. The van der Waals surface area contributed by atoms with Crippen molar-refractivity contribution in [3.8, 4) is 11.3 Å². The average molecular weight is 579 g/mol. The molecule has 13 heteroatoms. The Morgan fingerprint density at radius 1 is 1.18 bits per heavy atom. The molecule has 1 aliphatic carbocycles. The number of pyridine rings is 1. The molecule has 1 N–H and O–H groups in total. The zero-order valence-electron chi connectivity index (χ0n) is 22.7. The molecule has 7 nitrogen and oxygen atoms in total. The third kappa shape index (κ3) is 6.96. The van der Waals surface area contributed by atoms with Crippen molar-refractivity contribution < 1.29 is 35.2 Å². The number of amides is 1. The van der Waals surface area contributed by atoms with Crippen molar-refractivity contribution in [3.05, 3.63) is 34.8 Å². The Bertz CT molecular complexity index is 1300. The van der Waals surface area contributed by atoms with E-state index in [1.54, 1.807) is 13.8 Å². The van der Waals surface area contributed by atoms with Gasteiger partial charge in [-0.15, -0.1) is 0 Å². The zero-order chi connectivity index (χ0) is 29.3. The summed E-state index contributed by atoms with van der Waals surface area (Å²) in [7, 11) is -3.10. The molecule has 2 heterocycles. The van der Waals surface area contributed by atoms with Gasteiger partial charge in [0, 0.05) is 54.3 Å². The maximum Gasteiger partial charge on any atom is 0.394 e. The van der Waals surface area contributed by atoms with E-state index in [1.165, 1.54) is 10.9 Å². The number of carbonyl (C=O) groups is 1. The highest BCUT2D eigenvalue weighted by Crippen LogP contribution is 2.41. The molecule has 0 spiro atoms. The molecule has 0 saturated heterocycles. The molecule has 218 valence electrons. The van der Waals surface area contributed by atoms with Crippen LogP contribution in [0.25, 0.3) is 11.3 Å². The van der Waals surface area contributed by atoms with E-state index in [1.807, 2.05) is 0 Å². The van der Waals surface area contributed by atoms with E-state index >= 15 is 0 Å². The predicted molar refractivity (Wildman–Crippen MR) is 137 cm³/mol. The fourth-order valence-electron chi connectivity index (χ4n) is 4.97. The zero-order valence-corrected chi connectivity index (χ0v) is 23.5. The topological polar surface area (TPSA) is 94.0 Å². The van der Waals surface area contributed by atoms with Gasteiger partial charge in [0.05, 0.1) is 16.4 Å². The largest absolute Gasteiger partial charge is 0.394 e. The number of alkyl halides is 5. The third-order valence-corrected chi connectivity index (χ3v) is 9.21. The fourth-order valence-corrected chi connectivity index (χ4v) is 6.10. The van der Waals surface area contributed by atoms with Crippen LogP contribution in [0.4, 0.5) is 22.0 Å². The SMILES string of the molecule is CCn1nc(C(=O)NC[C@H]2CC[C@H](S(C)(=O)=O)CC2)c(C)c1-c1cnc(CC(C)(C)C(F)(F)F)cc1C(F)F.